The molecule has 98 valence electrons. The molecule has 0 unspecified atom stereocenters. The minimum atomic E-state index is -0.290. The lowest BCUT2D eigenvalue weighted by atomic mass is 10.2. The van der Waals surface area contributed by atoms with Crippen molar-refractivity contribution in [3.8, 4) is 0 Å². The Balaban J connectivity index is 2.55. The van der Waals surface area contributed by atoms with E-state index in [1.54, 1.807) is 35.4 Å². The molecule has 0 aliphatic carbocycles. The third kappa shape index (κ3) is 2.71. The smallest absolute Gasteiger partial charge is 0.146 e. The van der Waals surface area contributed by atoms with Crippen molar-refractivity contribution >= 4 is 28.6 Å². The quantitative estimate of drug-likeness (QED) is 0.871. The molecule has 0 radical (unpaired) electrons. The van der Waals surface area contributed by atoms with Gasteiger partial charge in [-0.15, -0.1) is 0 Å². The highest BCUT2D eigenvalue weighted by Crippen LogP contribution is 2.29. The molecule has 3 nitrogen and oxygen atoms in total. The Kier molecular flexibility index (Phi) is 4.06. The van der Waals surface area contributed by atoms with Crippen molar-refractivity contribution in [2.75, 3.05) is 11.4 Å². The Labute approximate surface area is 116 Å². The number of anilines is 2. The average molecular weight is 275 g/mol. The summed E-state index contributed by atoms with van der Waals surface area (Å²) in [5.41, 5.74) is 7.37. The van der Waals surface area contributed by atoms with Gasteiger partial charge >= 0.3 is 0 Å². The van der Waals surface area contributed by atoms with Crippen molar-refractivity contribution in [2.45, 2.75) is 6.92 Å². The average Bonchev–Trinajstić information content (AvgIpc) is 2.42. The van der Waals surface area contributed by atoms with E-state index in [0.717, 1.165) is 0 Å². The molecule has 0 spiro atoms. The standard InChI is InChI=1S/C14H14FN3S/c1-2-18(11-7-4-3-6-10(11)15)12-8-5-9-17-13(12)14(16)19/h3-9H,2H2,1H3,(H2,16,19). The summed E-state index contributed by atoms with van der Waals surface area (Å²) in [6.07, 6.45) is 1.62. The summed E-state index contributed by atoms with van der Waals surface area (Å²) in [5, 5.41) is 0. The van der Waals surface area contributed by atoms with E-state index < -0.39 is 0 Å². The summed E-state index contributed by atoms with van der Waals surface area (Å²) in [7, 11) is 0. The Morgan fingerprint density at radius 1 is 1.26 bits per heavy atom. The minimum absolute atomic E-state index is 0.199. The van der Waals surface area contributed by atoms with E-state index >= 15 is 0 Å². The molecule has 1 aromatic carbocycles. The number of benzene rings is 1. The maximum Gasteiger partial charge on any atom is 0.146 e. The van der Waals surface area contributed by atoms with Gasteiger partial charge < -0.3 is 10.6 Å². The second kappa shape index (κ2) is 5.75. The molecule has 0 bridgehead atoms. The highest BCUT2D eigenvalue weighted by molar-refractivity contribution is 7.80. The fourth-order valence-electron chi connectivity index (χ4n) is 1.95. The largest absolute Gasteiger partial charge is 0.388 e. The lowest BCUT2D eigenvalue weighted by Crippen LogP contribution is -2.23. The maximum atomic E-state index is 13.9. The molecule has 1 aromatic heterocycles. The summed E-state index contributed by atoms with van der Waals surface area (Å²) in [6.45, 7) is 2.52. The lowest BCUT2D eigenvalue weighted by molar-refractivity contribution is 0.625. The van der Waals surface area contributed by atoms with Crippen molar-refractivity contribution in [2.24, 2.45) is 5.73 Å². The molecule has 0 fully saturated rings. The second-order valence-corrected chi connectivity index (χ2v) is 4.37. The van der Waals surface area contributed by atoms with Crippen molar-refractivity contribution < 1.29 is 4.39 Å². The number of rotatable bonds is 4. The van der Waals surface area contributed by atoms with Gasteiger partial charge in [-0.05, 0) is 31.2 Å². The number of pyridine rings is 1. The van der Waals surface area contributed by atoms with E-state index in [-0.39, 0.29) is 10.8 Å². The SMILES string of the molecule is CCN(c1ccccc1F)c1cccnc1C(N)=S. The van der Waals surface area contributed by atoms with Crippen molar-refractivity contribution in [1.82, 2.24) is 4.98 Å². The van der Waals surface area contributed by atoms with Gasteiger partial charge in [-0.25, -0.2) is 4.39 Å². The number of nitrogens with zero attached hydrogens (tertiary/aromatic N) is 2. The maximum absolute atomic E-state index is 13.9. The van der Waals surface area contributed by atoms with Gasteiger partial charge in [0.1, 0.15) is 16.5 Å². The molecule has 2 aromatic rings. The number of halogens is 1. The first kappa shape index (κ1) is 13.4. The van der Waals surface area contributed by atoms with E-state index in [9.17, 15) is 4.39 Å². The zero-order chi connectivity index (χ0) is 13.8. The van der Waals surface area contributed by atoms with E-state index in [0.29, 0.717) is 23.6 Å². The van der Waals surface area contributed by atoms with Crippen LogP contribution in [0.4, 0.5) is 15.8 Å². The van der Waals surface area contributed by atoms with E-state index in [1.165, 1.54) is 6.07 Å². The topological polar surface area (TPSA) is 42.2 Å². The van der Waals surface area contributed by atoms with Crippen molar-refractivity contribution in [1.29, 1.82) is 0 Å². The van der Waals surface area contributed by atoms with E-state index in [1.807, 2.05) is 13.0 Å². The van der Waals surface area contributed by atoms with Crippen LogP contribution in [-0.4, -0.2) is 16.5 Å². The number of aromatic nitrogens is 1. The third-order valence-electron chi connectivity index (χ3n) is 2.77. The predicted molar refractivity (Wildman–Crippen MR) is 79.2 cm³/mol. The highest BCUT2D eigenvalue weighted by atomic mass is 32.1. The summed E-state index contributed by atoms with van der Waals surface area (Å²) >= 11 is 4.99. The van der Waals surface area contributed by atoms with Crippen LogP contribution < -0.4 is 10.6 Å². The molecule has 5 heteroatoms. The molecule has 2 rings (SSSR count). The van der Waals surface area contributed by atoms with Gasteiger partial charge in [0.25, 0.3) is 0 Å². The monoisotopic (exact) mass is 275 g/mol. The first-order valence-electron chi connectivity index (χ1n) is 5.92. The van der Waals surface area contributed by atoms with Crippen LogP contribution in [0.1, 0.15) is 12.6 Å². The summed E-state index contributed by atoms with van der Waals surface area (Å²) in [5.74, 6) is -0.290. The number of hydrogen-bond donors (Lipinski definition) is 1. The number of nitrogens with two attached hydrogens (primary N) is 1. The molecule has 2 N–H and O–H groups in total. The van der Waals surface area contributed by atoms with E-state index in [4.69, 9.17) is 18.0 Å². The molecule has 0 saturated heterocycles. The Morgan fingerprint density at radius 2 is 1.95 bits per heavy atom. The molecule has 1 heterocycles. The molecule has 0 atom stereocenters. The molecule has 0 aliphatic heterocycles. The summed E-state index contributed by atoms with van der Waals surface area (Å²) < 4.78 is 13.9. The van der Waals surface area contributed by atoms with Gasteiger partial charge in [-0.1, -0.05) is 24.4 Å². The molecular weight excluding hydrogens is 261 g/mol. The molecule has 0 amide bonds. The molecule has 19 heavy (non-hydrogen) atoms. The van der Waals surface area contributed by atoms with Crippen LogP contribution in [0.15, 0.2) is 42.6 Å². The van der Waals surface area contributed by atoms with Gasteiger partial charge in [-0.3, -0.25) is 4.98 Å². The number of thiocarbonyl (C=S) groups is 1. The second-order valence-electron chi connectivity index (χ2n) is 3.93. The summed E-state index contributed by atoms with van der Waals surface area (Å²) in [4.78, 5) is 6.17. The van der Waals surface area contributed by atoms with Crippen LogP contribution >= 0.6 is 12.2 Å². The minimum Gasteiger partial charge on any atom is -0.388 e. The van der Waals surface area contributed by atoms with Crippen LogP contribution in [0.2, 0.25) is 0 Å². The molecule has 0 aliphatic rings. The zero-order valence-electron chi connectivity index (χ0n) is 10.5. The van der Waals surface area contributed by atoms with Crippen LogP contribution in [0.3, 0.4) is 0 Å². The summed E-state index contributed by atoms with van der Waals surface area (Å²) in [6, 6.07) is 10.2. The van der Waals surface area contributed by atoms with Gasteiger partial charge in [0.2, 0.25) is 0 Å². The van der Waals surface area contributed by atoms with Crippen LogP contribution in [0, 0.1) is 5.82 Å². The number of hydrogen-bond acceptors (Lipinski definition) is 3. The highest BCUT2D eigenvalue weighted by Gasteiger charge is 2.16. The Morgan fingerprint density at radius 3 is 2.58 bits per heavy atom. The van der Waals surface area contributed by atoms with Crippen LogP contribution in [0.25, 0.3) is 0 Å². The van der Waals surface area contributed by atoms with E-state index in [2.05, 4.69) is 4.98 Å². The van der Waals surface area contributed by atoms with Gasteiger partial charge in [0, 0.05) is 12.7 Å². The fourth-order valence-corrected chi connectivity index (χ4v) is 2.10. The number of para-hydroxylation sites is 1. The first-order chi connectivity index (χ1) is 9.15. The zero-order valence-corrected chi connectivity index (χ0v) is 11.3. The van der Waals surface area contributed by atoms with Gasteiger partial charge in [0.05, 0.1) is 11.4 Å². The normalized spacial score (nSPS) is 10.2. The van der Waals surface area contributed by atoms with Crippen LogP contribution in [-0.2, 0) is 0 Å². The third-order valence-corrected chi connectivity index (χ3v) is 2.96. The molecular formula is C14H14FN3S. The van der Waals surface area contributed by atoms with Crippen LogP contribution in [0.5, 0.6) is 0 Å². The van der Waals surface area contributed by atoms with Crippen molar-refractivity contribution in [3.05, 3.63) is 54.1 Å². The van der Waals surface area contributed by atoms with Crippen molar-refractivity contribution in [3.63, 3.8) is 0 Å². The lowest BCUT2D eigenvalue weighted by Gasteiger charge is -2.25. The van der Waals surface area contributed by atoms with Gasteiger partial charge in [-0.2, -0.15) is 0 Å². The first-order valence-corrected chi connectivity index (χ1v) is 6.33. The molecule has 0 saturated carbocycles. The predicted octanol–water partition coefficient (Wildman–Crippen LogP) is 3.01. The fraction of sp³-hybridized carbons (Fsp3) is 0.143. The van der Waals surface area contributed by atoms with Gasteiger partial charge in [0.15, 0.2) is 0 Å². The Bertz CT molecular complexity index is 601. The Hall–Kier alpha value is -2.01.